The van der Waals surface area contributed by atoms with Crippen molar-refractivity contribution in [3.8, 4) is 0 Å². The highest BCUT2D eigenvalue weighted by Gasteiger charge is 2.33. The van der Waals surface area contributed by atoms with Crippen molar-refractivity contribution in [1.29, 1.82) is 0 Å². The summed E-state index contributed by atoms with van der Waals surface area (Å²) < 4.78 is 29.4. The van der Waals surface area contributed by atoms with Crippen molar-refractivity contribution in [2.45, 2.75) is 37.2 Å². The maximum Gasteiger partial charge on any atom is 0.244 e. The van der Waals surface area contributed by atoms with Gasteiger partial charge in [0.1, 0.15) is 4.90 Å². The minimum absolute atomic E-state index is 0.0315. The summed E-state index contributed by atoms with van der Waals surface area (Å²) in [5.41, 5.74) is 6.47. The monoisotopic (exact) mass is 314 g/mol. The fraction of sp³-hybridized carbons (Fsp3) is 0.714. The molecule has 0 spiro atoms. The van der Waals surface area contributed by atoms with Gasteiger partial charge >= 0.3 is 0 Å². The molecule has 6 nitrogen and oxygen atoms in total. The van der Waals surface area contributed by atoms with E-state index >= 15 is 0 Å². The Bertz CT molecular complexity index is 582. The van der Waals surface area contributed by atoms with E-state index in [9.17, 15) is 8.42 Å². The molecule has 7 heteroatoms. The Morgan fingerprint density at radius 1 is 1.33 bits per heavy atom. The third-order valence-corrected chi connectivity index (χ3v) is 6.13. The Morgan fingerprint density at radius 3 is 2.62 bits per heavy atom. The number of aromatic nitrogens is 1. The van der Waals surface area contributed by atoms with Crippen LogP contribution in [0.1, 0.15) is 25.5 Å². The van der Waals surface area contributed by atoms with E-state index in [0.29, 0.717) is 18.0 Å². The van der Waals surface area contributed by atoms with E-state index in [1.807, 2.05) is 21.0 Å². The van der Waals surface area contributed by atoms with Gasteiger partial charge in [0, 0.05) is 44.6 Å². The summed E-state index contributed by atoms with van der Waals surface area (Å²) in [7, 11) is 0.426. The fourth-order valence-corrected chi connectivity index (χ4v) is 4.75. The predicted molar refractivity (Wildman–Crippen MR) is 83.4 cm³/mol. The number of likely N-dealkylation sites (N-methyl/N-ethyl adjacent to an activating group) is 1. The zero-order valence-electron chi connectivity index (χ0n) is 13.1. The van der Waals surface area contributed by atoms with Gasteiger partial charge < -0.3 is 15.2 Å². The molecule has 0 aromatic carbocycles. The van der Waals surface area contributed by atoms with Crippen LogP contribution in [0.3, 0.4) is 0 Å². The first-order valence-corrected chi connectivity index (χ1v) is 8.89. The molecule has 0 saturated carbocycles. The zero-order chi connectivity index (χ0) is 15.6. The maximum absolute atomic E-state index is 13.0. The van der Waals surface area contributed by atoms with E-state index in [0.717, 1.165) is 31.6 Å². The molecule has 1 aliphatic heterocycles. The van der Waals surface area contributed by atoms with Crippen LogP contribution in [0.25, 0.3) is 0 Å². The van der Waals surface area contributed by atoms with Crippen LogP contribution >= 0.6 is 0 Å². The van der Waals surface area contributed by atoms with Crippen molar-refractivity contribution in [1.82, 2.24) is 13.8 Å². The standard InChI is InChI=1S/C14H26N4O2S/c1-4-12-10-16(2)6-5-7-18(12)21(19,20)14-8-13(9-15)17(3)11-14/h8,11-12H,4-7,9-10,15H2,1-3H3. The lowest BCUT2D eigenvalue weighted by Gasteiger charge is -2.28. The average molecular weight is 314 g/mol. The van der Waals surface area contributed by atoms with Crippen LogP contribution in [-0.2, 0) is 23.6 Å². The van der Waals surface area contributed by atoms with Crippen LogP contribution in [0.15, 0.2) is 17.2 Å². The summed E-state index contributed by atoms with van der Waals surface area (Å²) in [5, 5.41) is 0. The van der Waals surface area contributed by atoms with Crippen LogP contribution in [0, 0.1) is 0 Å². The van der Waals surface area contributed by atoms with Crippen LogP contribution in [0.5, 0.6) is 0 Å². The third-order valence-electron chi connectivity index (χ3n) is 4.22. The lowest BCUT2D eigenvalue weighted by molar-refractivity contribution is 0.270. The molecule has 0 aliphatic carbocycles. The molecule has 1 fully saturated rings. The molecule has 1 saturated heterocycles. The molecular formula is C14H26N4O2S. The molecule has 120 valence electrons. The van der Waals surface area contributed by atoms with Gasteiger partial charge in [-0.15, -0.1) is 0 Å². The number of hydrogen-bond donors (Lipinski definition) is 1. The van der Waals surface area contributed by atoms with Crippen LogP contribution in [-0.4, -0.2) is 54.9 Å². The number of rotatable bonds is 4. The summed E-state index contributed by atoms with van der Waals surface area (Å²) >= 11 is 0. The number of sulfonamides is 1. The first kappa shape index (κ1) is 16.5. The minimum atomic E-state index is -3.45. The third kappa shape index (κ3) is 3.31. The number of aryl methyl sites for hydroxylation is 1. The van der Waals surface area contributed by atoms with Gasteiger partial charge in [-0.25, -0.2) is 8.42 Å². The van der Waals surface area contributed by atoms with Crippen molar-refractivity contribution in [3.63, 3.8) is 0 Å². The van der Waals surface area contributed by atoms with E-state index < -0.39 is 10.0 Å². The number of nitrogens with two attached hydrogens (primary N) is 1. The van der Waals surface area contributed by atoms with E-state index in [2.05, 4.69) is 4.90 Å². The molecule has 0 bridgehead atoms. The molecule has 1 atom stereocenters. The van der Waals surface area contributed by atoms with Gasteiger partial charge in [0.15, 0.2) is 0 Å². The summed E-state index contributed by atoms with van der Waals surface area (Å²) in [4.78, 5) is 2.56. The van der Waals surface area contributed by atoms with E-state index in [1.165, 1.54) is 0 Å². The minimum Gasteiger partial charge on any atom is -0.352 e. The lowest BCUT2D eigenvalue weighted by Crippen LogP contribution is -2.43. The van der Waals surface area contributed by atoms with Crippen LogP contribution in [0.4, 0.5) is 0 Å². The highest BCUT2D eigenvalue weighted by Crippen LogP contribution is 2.24. The quantitative estimate of drug-likeness (QED) is 0.883. The summed E-state index contributed by atoms with van der Waals surface area (Å²) in [6, 6.07) is 1.72. The van der Waals surface area contributed by atoms with E-state index in [1.54, 1.807) is 21.1 Å². The molecule has 2 heterocycles. The Morgan fingerprint density at radius 2 is 2.05 bits per heavy atom. The Labute approximate surface area is 127 Å². The molecule has 1 aliphatic rings. The molecule has 0 radical (unpaired) electrons. The Kier molecular flexibility index (Phi) is 5.08. The lowest BCUT2D eigenvalue weighted by atomic mass is 10.2. The maximum atomic E-state index is 13.0. The largest absolute Gasteiger partial charge is 0.352 e. The average Bonchev–Trinajstić information content (AvgIpc) is 2.71. The molecule has 1 aromatic heterocycles. The van der Waals surface area contributed by atoms with Gasteiger partial charge in [-0.3, -0.25) is 0 Å². The second kappa shape index (κ2) is 6.48. The number of nitrogens with zero attached hydrogens (tertiary/aromatic N) is 3. The van der Waals surface area contributed by atoms with Gasteiger partial charge in [0.2, 0.25) is 10.0 Å². The molecule has 1 unspecified atom stereocenters. The van der Waals surface area contributed by atoms with Crippen molar-refractivity contribution in [3.05, 3.63) is 18.0 Å². The number of hydrogen-bond acceptors (Lipinski definition) is 4. The first-order valence-electron chi connectivity index (χ1n) is 7.45. The van der Waals surface area contributed by atoms with Gasteiger partial charge in [-0.1, -0.05) is 6.92 Å². The smallest absolute Gasteiger partial charge is 0.244 e. The van der Waals surface area contributed by atoms with Gasteiger partial charge in [-0.05, 0) is 32.5 Å². The fourth-order valence-electron chi connectivity index (χ4n) is 2.93. The van der Waals surface area contributed by atoms with Gasteiger partial charge in [0.05, 0.1) is 0 Å². The topological polar surface area (TPSA) is 71.6 Å². The molecule has 2 rings (SSSR count). The van der Waals surface area contributed by atoms with Crippen LogP contribution in [0.2, 0.25) is 0 Å². The molecule has 0 amide bonds. The van der Waals surface area contributed by atoms with Gasteiger partial charge in [-0.2, -0.15) is 4.31 Å². The summed E-state index contributed by atoms with van der Waals surface area (Å²) in [6.45, 7) is 4.68. The Hall–Kier alpha value is -0.890. The molecule has 21 heavy (non-hydrogen) atoms. The molecule has 1 aromatic rings. The Balaban J connectivity index is 2.35. The second-order valence-corrected chi connectivity index (χ2v) is 7.67. The summed E-state index contributed by atoms with van der Waals surface area (Å²) in [5.74, 6) is 0. The molecule has 2 N–H and O–H groups in total. The highest BCUT2D eigenvalue weighted by molar-refractivity contribution is 7.89. The second-order valence-electron chi connectivity index (χ2n) is 5.78. The summed E-state index contributed by atoms with van der Waals surface area (Å²) in [6.07, 6.45) is 3.35. The zero-order valence-corrected chi connectivity index (χ0v) is 13.9. The normalized spacial score (nSPS) is 22.4. The van der Waals surface area contributed by atoms with Crippen molar-refractivity contribution >= 4 is 10.0 Å². The first-order chi connectivity index (χ1) is 9.90. The SMILES string of the molecule is CCC1CN(C)CCCN1S(=O)(=O)c1cc(CN)n(C)c1. The van der Waals surface area contributed by atoms with Gasteiger partial charge in [0.25, 0.3) is 0 Å². The van der Waals surface area contributed by atoms with Crippen molar-refractivity contribution in [2.24, 2.45) is 12.8 Å². The van der Waals surface area contributed by atoms with Crippen LogP contribution < -0.4 is 5.73 Å². The van der Waals surface area contributed by atoms with Crippen molar-refractivity contribution in [2.75, 3.05) is 26.7 Å². The van der Waals surface area contributed by atoms with E-state index in [-0.39, 0.29) is 6.04 Å². The highest BCUT2D eigenvalue weighted by atomic mass is 32.2. The predicted octanol–water partition coefficient (Wildman–Crippen LogP) is 0.589. The van der Waals surface area contributed by atoms with Crippen molar-refractivity contribution < 1.29 is 8.42 Å². The van der Waals surface area contributed by atoms with E-state index in [4.69, 9.17) is 5.73 Å². The molecular weight excluding hydrogens is 288 g/mol.